The molecule has 1 aliphatic carbocycles. The van der Waals surface area contributed by atoms with Gasteiger partial charge < -0.3 is 16.0 Å². The molecule has 1 unspecified atom stereocenters. The molecule has 0 saturated heterocycles. The second-order valence-electron chi connectivity index (χ2n) is 6.59. The number of hydrogen-bond donors (Lipinski definition) is 2. The van der Waals surface area contributed by atoms with Crippen LogP contribution in [0.1, 0.15) is 58.8 Å². The third-order valence-electron chi connectivity index (χ3n) is 4.49. The van der Waals surface area contributed by atoms with Crippen LogP contribution in [0.25, 0.3) is 0 Å². The van der Waals surface area contributed by atoms with Crippen LogP contribution in [0.15, 0.2) is 0 Å². The Labute approximate surface area is 124 Å². The van der Waals surface area contributed by atoms with Gasteiger partial charge in [0.25, 0.3) is 0 Å². The summed E-state index contributed by atoms with van der Waals surface area (Å²) in [6.45, 7) is 5.94. The van der Waals surface area contributed by atoms with Crippen LogP contribution >= 0.6 is 0 Å². The topological polar surface area (TPSA) is 58.4 Å². The Bertz CT molecular complexity index is 275. The Morgan fingerprint density at radius 2 is 1.95 bits per heavy atom. The number of rotatable bonds is 8. The van der Waals surface area contributed by atoms with E-state index in [-0.39, 0.29) is 11.9 Å². The van der Waals surface area contributed by atoms with Crippen molar-refractivity contribution in [3.05, 3.63) is 0 Å². The monoisotopic (exact) mass is 283 g/mol. The number of carbonyl (C=O) groups excluding carboxylic acids is 1. The van der Waals surface area contributed by atoms with Gasteiger partial charge >= 0.3 is 0 Å². The van der Waals surface area contributed by atoms with Crippen molar-refractivity contribution < 1.29 is 4.79 Å². The SMILES string of the molecule is CC(C)C(N)CC(=O)NCCCN(C)C1CCCCC1. The first-order valence-electron chi connectivity index (χ1n) is 8.23. The Morgan fingerprint density at radius 3 is 2.55 bits per heavy atom. The van der Waals surface area contributed by atoms with Crippen molar-refractivity contribution in [3.63, 3.8) is 0 Å². The average molecular weight is 283 g/mol. The minimum atomic E-state index is -0.0279. The molecule has 0 radical (unpaired) electrons. The van der Waals surface area contributed by atoms with E-state index in [4.69, 9.17) is 5.73 Å². The maximum absolute atomic E-state index is 11.7. The molecule has 0 aliphatic heterocycles. The van der Waals surface area contributed by atoms with Crippen LogP contribution < -0.4 is 11.1 Å². The van der Waals surface area contributed by atoms with Crippen LogP contribution in [0.4, 0.5) is 0 Å². The lowest BCUT2D eigenvalue weighted by atomic mass is 9.94. The molecule has 1 rings (SSSR count). The van der Waals surface area contributed by atoms with Crippen LogP contribution in [-0.2, 0) is 4.79 Å². The van der Waals surface area contributed by atoms with Crippen molar-refractivity contribution in [2.75, 3.05) is 20.1 Å². The summed E-state index contributed by atoms with van der Waals surface area (Å²) in [6.07, 6.45) is 8.29. The predicted molar refractivity (Wildman–Crippen MR) is 84.6 cm³/mol. The summed E-state index contributed by atoms with van der Waals surface area (Å²) in [5, 5.41) is 2.98. The summed E-state index contributed by atoms with van der Waals surface area (Å²) in [5.74, 6) is 0.449. The highest BCUT2D eigenvalue weighted by Crippen LogP contribution is 2.21. The first-order valence-corrected chi connectivity index (χ1v) is 8.23. The summed E-state index contributed by atoms with van der Waals surface area (Å²) in [5.41, 5.74) is 5.90. The van der Waals surface area contributed by atoms with Crippen LogP contribution in [0.3, 0.4) is 0 Å². The van der Waals surface area contributed by atoms with Gasteiger partial charge in [-0.15, -0.1) is 0 Å². The molecule has 0 aromatic rings. The zero-order valence-corrected chi connectivity index (χ0v) is 13.5. The van der Waals surface area contributed by atoms with Gasteiger partial charge in [-0.3, -0.25) is 4.79 Å². The third kappa shape index (κ3) is 6.71. The molecule has 1 amide bonds. The molecule has 1 saturated carbocycles. The zero-order valence-electron chi connectivity index (χ0n) is 13.5. The number of hydrogen-bond acceptors (Lipinski definition) is 3. The summed E-state index contributed by atoms with van der Waals surface area (Å²) in [7, 11) is 2.21. The molecule has 1 fully saturated rings. The van der Waals surface area contributed by atoms with Gasteiger partial charge in [-0.2, -0.15) is 0 Å². The lowest BCUT2D eigenvalue weighted by molar-refractivity contribution is -0.121. The molecular weight excluding hydrogens is 250 g/mol. The molecule has 118 valence electrons. The molecule has 0 heterocycles. The van der Waals surface area contributed by atoms with E-state index in [0.717, 1.165) is 25.6 Å². The Hall–Kier alpha value is -0.610. The number of nitrogens with two attached hydrogens (primary N) is 1. The zero-order chi connectivity index (χ0) is 15.0. The van der Waals surface area contributed by atoms with Gasteiger partial charge in [0.1, 0.15) is 0 Å². The van der Waals surface area contributed by atoms with Crippen molar-refractivity contribution in [1.82, 2.24) is 10.2 Å². The number of amides is 1. The second kappa shape index (κ2) is 9.35. The quantitative estimate of drug-likeness (QED) is 0.671. The minimum Gasteiger partial charge on any atom is -0.356 e. The highest BCUT2D eigenvalue weighted by Gasteiger charge is 2.17. The highest BCUT2D eigenvalue weighted by atomic mass is 16.1. The normalized spacial score (nSPS) is 18.5. The first-order chi connectivity index (χ1) is 9.50. The number of nitrogens with one attached hydrogen (secondary N) is 1. The largest absolute Gasteiger partial charge is 0.356 e. The van der Waals surface area contributed by atoms with Crippen LogP contribution in [0, 0.1) is 5.92 Å². The van der Waals surface area contributed by atoms with Crippen molar-refractivity contribution >= 4 is 5.91 Å². The predicted octanol–water partition coefficient (Wildman–Crippen LogP) is 2.13. The Balaban J connectivity index is 2.07. The number of carbonyl (C=O) groups is 1. The summed E-state index contributed by atoms with van der Waals surface area (Å²) in [4.78, 5) is 14.2. The van der Waals surface area contributed by atoms with Gasteiger partial charge in [0.2, 0.25) is 5.91 Å². The van der Waals surface area contributed by atoms with Crippen LogP contribution in [0.2, 0.25) is 0 Å². The van der Waals surface area contributed by atoms with Crippen LogP contribution in [0.5, 0.6) is 0 Å². The van der Waals surface area contributed by atoms with E-state index >= 15 is 0 Å². The molecule has 0 aromatic heterocycles. The van der Waals surface area contributed by atoms with Crippen molar-refractivity contribution in [2.45, 2.75) is 70.9 Å². The van der Waals surface area contributed by atoms with E-state index in [1.165, 1.54) is 32.1 Å². The van der Waals surface area contributed by atoms with Gasteiger partial charge in [0.05, 0.1) is 0 Å². The van der Waals surface area contributed by atoms with E-state index in [2.05, 4.69) is 31.1 Å². The van der Waals surface area contributed by atoms with Gasteiger partial charge in [0.15, 0.2) is 0 Å². The summed E-state index contributed by atoms with van der Waals surface area (Å²) < 4.78 is 0. The van der Waals surface area contributed by atoms with E-state index in [0.29, 0.717) is 12.3 Å². The minimum absolute atomic E-state index is 0.0279. The number of nitrogens with zero attached hydrogens (tertiary/aromatic N) is 1. The fraction of sp³-hybridized carbons (Fsp3) is 0.938. The van der Waals surface area contributed by atoms with E-state index < -0.39 is 0 Å². The van der Waals surface area contributed by atoms with Gasteiger partial charge in [-0.25, -0.2) is 0 Å². The maximum Gasteiger partial charge on any atom is 0.221 e. The molecule has 1 aliphatic rings. The molecule has 0 bridgehead atoms. The Morgan fingerprint density at radius 1 is 1.30 bits per heavy atom. The smallest absolute Gasteiger partial charge is 0.221 e. The van der Waals surface area contributed by atoms with Gasteiger partial charge in [-0.1, -0.05) is 33.1 Å². The fourth-order valence-electron chi connectivity index (χ4n) is 2.78. The standard InChI is InChI=1S/C16H33N3O/c1-13(2)15(17)12-16(20)18-10-7-11-19(3)14-8-5-4-6-9-14/h13-15H,4-12,17H2,1-3H3,(H,18,20). The van der Waals surface area contributed by atoms with E-state index in [1.54, 1.807) is 0 Å². The van der Waals surface area contributed by atoms with Crippen molar-refractivity contribution in [1.29, 1.82) is 0 Å². The molecular formula is C16H33N3O. The van der Waals surface area contributed by atoms with E-state index in [1.807, 2.05) is 0 Å². The molecule has 20 heavy (non-hydrogen) atoms. The lowest BCUT2D eigenvalue weighted by Crippen LogP contribution is -2.37. The second-order valence-corrected chi connectivity index (χ2v) is 6.59. The molecule has 4 heteroatoms. The molecule has 1 atom stereocenters. The molecule has 0 spiro atoms. The van der Waals surface area contributed by atoms with Gasteiger partial charge in [0, 0.05) is 25.0 Å². The molecule has 3 N–H and O–H groups in total. The summed E-state index contributed by atoms with van der Waals surface area (Å²) in [6, 6.07) is 0.730. The fourth-order valence-corrected chi connectivity index (χ4v) is 2.78. The van der Waals surface area contributed by atoms with E-state index in [9.17, 15) is 4.79 Å². The lowest BCUT2D eigenvalue weighted by Gasteiger charge is -2.31. The average Bonchev–Trinajstić information content (AvgIpc) is 2.44. The third-order valence-corrected chi connectivity index (χ3v) is 4.49. The molecule has 0 aromatic carbocycles. The maximum atomic E-state index is 11.7. The van der Waals surface area contributed by atoms with Crippen molar-refractivity contribution in [2.24, 2.45) is 11.7 Å². The van der Waals surface area contributed by atoms with Crippen molar-refractivity contribution in [3.8, 4) is 0 Å². The first kappa shape index (κ1) is 17.4. The van der Waals surface area contributed by atoms with Crippen LogP contribution in [-0.4, -0.2) is 43.0 Å². The summed E-state index contributed by atoms with van der Waals surface area (Å²) >= 11 is 0. The Kier molecular flexibility index (Phi) is 8.15. The van der Waals surface area contributed by atoms with Gasteiger partial charge in [-0.05, 0) is 38.8 Å². The highest BCUT2D eigenvalue weighted by molar-refractivity contribution is 5.76. The molecule has 4 nitrogen and oxygen atoms in total.